The van der Waals surface area contributed by atoms with Gasteiger partial charge in [0.25, 0.3) is 0 Å². The first kappa shape index (κ1) is 15.5. The van der Waals surface area contributed by atoms with Crippen molar-refractivity contribution in [2.45, 2.75) is 26.1 Å². The van der Waals surface area contributed by atoms with Crippen LogP contribution in [0.15, 0.2) is 91.0 Å². The van der Waals surface area contributed by atoms with E-state index in [0.29, 0.717) is 6.04 Å². The lowest BCUT2D eigenvalue weighted by Crippen LogP contribution is -2.26. The van der Waals surface area contributed by atoms with E-state index in [-0.39, 0.29) is 0 Å². The zero-order chi connectivity index (χ0) is 15.9. The minimum absolute atomic E-state index is 0.372. The lowest BCUT2D eigenvalue weighted by molar-refractivity contribution is 0.192. The fourth-order valence-electron chi connectivity index (χ4n) is 2.91. The Hall–Kier alpha value is -2.38. The van der Waals surface area contributed by atoms with E-state index in [1.807, 2.05) is 0 Å². The van der Waals surface area contributed by atoms with Gasteiger partial charge in [0.2, 0.25) is 0 Å². The second-order valence-corrected chi connectivity index (χ2v) is 5.96. The largest absolute Gasteiger partial charge is 0.288 e. The summed E-state index contributed by atoms with van der Waals surface area (Å²) in [4.78, 5) is 2.53. The minimum Gasteiger partial charge on any atom is -0.288 e. The summed E-state index contributed by atoms with van der Waals surface area (Å²) in [6, 6.07) is 32.5. The topological polar surface area (TPSA) is 3.24 Å². The van der Waals surface area contributed by atoms with Crippen LogP contribution in [0, 0.1) is 0 Å². The van der Waals surface area contributed by atoms with Crippen LogP contribution >= 0.6 is 0 Å². The first-order valence-corrected chi connectivity index (χ1v) is 8.20. The van der Waals surface area contributed by atoms with E-state index in [1.54, 1.807) is 0 Å². The Balaban J connectivity index is 1.83. The van der Waals surface area contributed by atoms with Gasteiger partial charge in [0, 0.05) is 19.1 Å². The van der Waals surface area contributed by atoms with Crippen molar-refractivity contribution in [1.82, 2.24) is 4.90 Å². The summed E-state index contributed by atoms with van der Waals surface area (Å²) in [5, 5.41) is 0. The Kier molecular flexibility index (Phi) is 5.23. The van der Waals surface area contributed by atoms with E-state index in [4.69, 9.17) is 0 Å². The summed E-state index contributed by atoms with van der Waals surface area (Å²) in [6.45, 7) is 4.19. The second kappa shape index (κ2) is 7.75. The molecule has 0 radical (unpaired) electrons. The Morgan fingerprint density at radius 3 is 1.43 bits per heavy atom. The van der Waals surface area contributed by atoms with Crippen LogP contribution in [-0.2, 0) is 13.1 Å². The molecule has 0 aliphatic heterocycles. The highest BCUT2D eigenvalue weighted by atomic mass is 15.1. The highest BCUT2D eigenvalue weighted by Gasteiger charge is 2.16. The van der Waals surface area contributed by atoms with Crippen molar-refractivity contribution in [2.75, 3.05) is 0 Å². The van der Waals surface area contributed by atoms with Crippen molar-refractivity contribution >= 4 is 0 Å². The molecule has 0 spiro atoms. The molecule has 0 saturated carbocycles. The molecule has 1 nitrogen and oxygen atoms in total. The molecular weight excluding hydrogens is 278 g/mol. The van der Waals surface area contributed by atoms with E-state index >= 15 is 0 Å². The molecule has 0 aliphatic carbocycles. The van der Waals surface area contributed by atoms with Crippen LogP contribution in [0.1, 0.15) is 29.7 Å². The first-order valence-electron chi connectivity index (χ1n) is 8.20. The van der Waals surface area contributed by atoms with Gasteiger partial charge in [-0.15, -0.1) is 0 Å². The van der Waals surface area contributed by atoms with Gasteiger partial charge in [-0.3, -0.25) is 4.90 Å². The quantitative estimate of drug-likeness (QED) is 0.585. The molecule has 0 aliphatic rings. The minimum atomic E-state index is 0.372. The van der Waals surface area contributed by atoms with Gasteiger partial charge in [0.1, 0.15) is 0 Å². The Bertz CT molecular complexity index is 650. The van der Waals surface area contributed by atoms with Gasteiger partial charge in [-0.05, 0) is 23.6 Å². The summed E-state index contributed by atoms with van der Waals surface area (Å²) in [5.41, 5.74) is 4.07. The van der Waals surface area contributed by atoms with Crippen LogP contribution in [0.5, 0.6) is 0 Å². The standard InChI is InChI=1S/C22H23N/c1-19(22-15-9-4-10-16-22)23(17-20-11-5-2-6-12-20)18-21-13-7-3-8-14-21/h2-16,19H,17-18H2,1H3. The molecule has 0 heterocycles. The number of benzene rings is 3. The number of hydrogen-bond acceptors (Lipinski definition) is 1. The van der Waals surface area contributed by atoms with Gasteiger partial charge in [0.15, 0.2) is 0 Å². The average Bonchev–Trinajstić information content (AvgIpc) is 2.63. The zero-order valence-corrected chi connectivity index (χ0v) is 13.6. The van der Waals surface area contributed by atoms with Gasteiger partial charge < -0.3 is 0 Å². The normalized spacial score (nSPS) is 12.3. The van der Waals surface area contributed by atoms with Crippen molar-refractivity contribution in [3.63, 3.8) is 0 Å². The van der Waals surface area contributed by atoms with Gasteiger partial charge in [-0.2, -0.15) is 0 Å². The molecule has 0 amide bonds. The van der Waals surface area contributed by atoms with Crippen molar-refractivity contribution in [3.05, 3.63) is 108 Å². The maximum Gasteiger partial charge on any atom is 0.0326 e. The molecular formula is C22H23N. The molecule has 116 valence electrons. The SMILES string of the molecule is CC(c1ccccc1)N(Cc1ccccc1)Cc1ccccc1. The summed E-state index contributed by atoms with van der Waals surface area (Å²) < 4.78 is 0. The molecule has 1 atom stereocenters. The van der Waals surface area contributed by atoms with E-state index in [2.05, 4.69) is 103 Å². The maximum atomic E-state index is 2.53. The Morgan fingerprint density at radius 2 is 1.00 bits per heavy atom. The van der Waals surface area contributed by atoms with Crippen molar-refractivity contribution in [1.29, 1.82) is 0 Å². The van der Waals surface area contributed by atoms with Crippen LogP contribution < -0.4 is 0 Å². The molecule has 3 rings (SSSR count). The number of rotatable bonds is 6. The molecule has 0 aromatic heterocycles. The van der Waals surface area contributed by atoms with Gasteiger partial charge >= 0.3 is 0 Å². The summed E-state index contributed by atoms with van der Waals surface area (Å²) in [7, 11) is 0. The average molecular weight is 301 g/mol. The predicted octanol–water partition coefficient (Wildman–Crippen LogP) is 5.45. The van der Waals surface area contributed by atoms with Crippen molar-refractivity contribution in [3.8, 4) is 0 Å². The third kappa shape index (κ3) is 4.30. The van der Waals surface area contributed by atoms with Gasteiger partial charge in [0.05, 0.1) is 0 Å². The molecule has 0 fully saturated rings. The molecule has 3 aromatic carbocycles. The third-order valence-electron chi connectivity index (χ3n) is 4.29. The monoisotopic (exact) mass is 301 g/mol. The maximum absolute atomic E-state index is 2.53. The first-order chi connectivity index (χ1) is 11.3. The fourth-order valence-corrected chi connectivity index (χ4v) is 2.91. The molecule has 1 heteroatoms. The Morgan fingerprint density at radius 1 is 0.609 bits per heavy atom. The van der Waals surface area contributed by atoms with Crippen LogP contribution in [0.3, 0.4) is 0 Å². The smallest absolute Gasteiger partial charge is 0.0326 e. The molecule has 0 bridgehead atoms. The van der Waals surface area contributed by atoms with E-state index in [9.17, 15) is 0 Å². The molecule has 0 N–H and O–H groups in total. The summed E-state index contributed by atoms with van der Waals surface area (Å²) in [6.07, 6.45) is 0. The molecule has 0 saturated heterocycles. The van der Waals surface area contributed by atoms with Crippen molar-refractivity contribution < 1.29 is 0 Å². The van der Waals surface area contributed by atoms with Crippen LogP contribution in [-0.4, -0.2) is 4.90 Å². The Labute approximate surface area is 139 Å². The fraction of sp³-hybridized carbons (Fsp3) is 0.182. The third-order valence-corrected chi connectivity index (χ3v) is 4.29. The van der Waals surface area contributed by atoms with Gasteiger partial charge in [-0.1, -0.05) is 91.0 Å². The molecule has 23 heavy (non-hydrogen) atoms. The van der Waals surface area contributed by atoms with E-state index in [0.717, 1.165) is 13.1 Å². The molecule has 1 unspecified atom stereocenters. The van der Waals surface area contributed by atoms with Crippen LogP contribution in [0.25, 0.3) is 0 Å². The number of hydrogen-bond donors (Lipinski definition) is 0. The van der Waals surface area contributed by atoms with Crippen LogP contribution in [0.2, 0.25) is 0 Å². The predicted molar refractivity (Wildman–Crippen MR) is 97.0 cm³/mol. The zero-order valence-electron chi connectivity index (χ0n) is 13.6. The van der Waals surface area contributed by atoms with Crippen molar-refractivity contribution in [2.24, 2.45) is 0 Å². The highest BCUT2D eigenvalue weighted by molar-refractivity contribution is 5.21. The van der Waals surface area contributed by atoms with E-state index < -0.39 is 0 Å². The summed E-state index contributed by atoms with van der Waals surface area (Å²) >= 11 is 0. The van der Waals surface area contributed by atoms with E-state index in [1.165, 1.54) is 16.7 Å². The number of nitrogens with zero attached hydrogens (tertiary/aromatic N) is 1. The highest BCUT2D eigenvalue weighted by Crippen LogP contribution is 2.24. The lowest BCUT2D eigenvalue weighted by Gasteiger charge is -2.30. The van der Waals surface area contributed by atoms with Gasteiger partial charge in [-0.25, -0.2) is 0 Å². The lowest BCUT2D eigenvalue weighted by atomic mass is 10.0. The summed E-state index contributed by atoms with van der Waals surface area (Å²) in [5.74, 6) is 0. The molecule has 3 aromatic rings. The second-order valence-electron chi connectivity index (χ2n) is 5.96. The van der Waals surface area contributed by atoms with Crippen LogP contribution in [0.4, 0.5) is 0 Å².